The number of rotatable bonds is 14. The molecule has 0 aliphatic carbocycles. The number of halogens is 1. The van der Waals surface area contributed by atoms with Crippen molar-refractivity contribution >= 4 is 39.1 Å². The van der Waals surface area contributed by atoms with Gasteiger partial charge in [-0.25, -0.2) is 8.42 Å². The lowest BCUT2D eigenvalue weighted by Gasteiger charge is -2.32. The van der Waals surface area contributed by atoms with E-state index in [9.17, 15) is 18.0 Å². The van der Waals surface area contributed by atoms with Crippen LogP contribution in [0.4, 0.5) is 5.69 Å². The second kappa shape index (κ2) is 15.0. The standard InChI is InChI=1S/C32H40ClN3O4S/c1-5-19-34-32(38)30(22-26-12-7-6-8-13-26)35(23-27-14-9-10-15-29(27)33)31(37)16-11-20-36(41(4,39)40)28-18-17-24(2)25(3)21-28/h6-10,12-15,17-18,21,30H,5,11,16,19-20,22-23H2,1-4H3,(H,34,38). The van der Waals surface area contributed by atoms with Gasteiger partial charge in [-0.1, -0.05) is 73.1 Å². The first-order valence-corrected chi connectivity index (χ1v) is 16.1. The number of anilines is 1. The second-order valence-corrected chi connectivity index (χ2v) is 12.6. The van der Waals surface area contributed by atoms with Gasteiger partial charge in [0, 0.05) is 37.5 Å². The number of amides is 2. The molecule has 0 heterocycles. The molecule has 3 rings (SSSR count). The summed E-state index contributed by atoms with van der Waals surface area (Å²) in [7, 11) is -3.57. The van der Waals surface area contributed by atoms with Gasteiger partial charge >= 0.3 is 0 Å². The van der Waals surface area contributed by atoms with E-state index in [1.165, 1.54) is 10.6 Å². The van der Waals surface area contributed by atoms with Crippen LogP contribution < -0.4 is 9.62 Å². The Hall–Kier alpha value is -3.36. The average molecular weight is 598 g/mol. The Morgan fingerprint density at radius 1 is 0.951 bits per heavy atom. The Morgan fingerprint density at radius 3 is 2.27 bits per heavy atom. The minimum Gasteiger partial charge on any atom is -0.354 e. The molecule has 0 saturated heterocycles. The molecule has 0 bridgehead atoms. The van der Waals surface area contributed by atoms with E-state index in [-0.39, 0.29) is 37.7 Å². The van der Waals surface area contributed by atoms with Crippen molar-refractivity contribution in [2.75, 3.05) is 23.7 Å². The summed E-state index contributed by atoms with van der Waals surface area (Å²) in [5.74, 6) is -0.477. The van der Waals surface area contributed by atoms with Crippen molar-refractivity contribution < 1.29 is 18.0 Å². The highest BCUT2D eigenvalue weighted by Gasteiger charge is 2.30. The number of carbonyl (C=O) groups is 2. The maximum Gasteiger partial charge on any atom is 0.243 e. The van der Waals surface area contributed by atoms with Gasteiger partial charge < -0.3 is 10.2 Å². The summed E-state index contributed by atoms with van der Waals surface area (Å²) >= 11 is 6.48. The lowest BCUT2D eigenvalue weighted by Crippen LogP contribution is -2.50. The molecule has 2 amide bonds. The van der Waals surface area contributed by atoms with Crippen LogP contribution >= 0.6 is 11.6 Å². The van der Waals surface area contributed by atoms with Crippen molar-refractivity contribution in [1.82, 2.24) is 10.2 Å². The molecule has 9 heteroatoms. The molecule has 220 valence electrons. The van der Waals surface area contributed by atoms with E-state index in [1.807, 2.05) is 81.4 Å². The van der Waals surface area contributed by atoms with Crippen LogP contribution in [-0.4, -0.2) is 50.5 Å². The predicted octanol–water partition coefficient (Wildman–Crippen LogP) is 5.67. The highest BCUT2D eigenvalue weighted by Crippen LogP contribution is 2.24. The van der Waals surface area contributed by atoms with E-state index in [0.717, 1.165) is 28.7 Å². The fraction of sp³-hybridized carbons (Fsp3) is 0.375. The van der Waals surface area contributed by atoms with Crippen LogP contribution in [0.5, 0.6) is 0 Å². The van der Waals surface area contributed by atoms with Crippen molar-refractivity contribution in [3.8, 4) is 0 Å². The fourth-order valence-electron chi connectivity index (χ4n) is 4.61. The number of hydrogen-bond acceptors (Lipinski definition) is 4. The molecule has 0 aliphatic rings. The zero-order valence-corrected chi connectivity index (χ0v) is 25.8. The van der Waals surface area contributed by atoms with Crippen LogP contribution in [0.25, 0.3) is 0 Å². The van der Waals surface area contributed by atoms with Crippen molar-refractivity contribution in [1.29, 1.82) is 0 Å². The highest BCUT2D eigenvalue weighted by molar-refractivity contribution is 7.92. The number of benzene rings is 3. The Labute approximate surface area is 249 Å². The molecule has 1 atom stereocenters. The molecule has 3 aromatic rings. The van der Waals surface area contributed by atoms with Gasteiger partial charge in [-0.15, -0.1) is 0 Å². The Balaban J connectivity index is 1.88. The van der Waals surface area contributed by atoms with Gasteiger partial charge in [-0.2, -0.15) is 0 Å². The number of nitrogens with one attached hydrogen (secondary N) is 1. The fourth-order valence-corrected chi connectivity index (χ4v) is 5.77. The summed E-state index contributed by atoms with van der Waals surface area (Å²) in [5.41, 5.74) is 4.28. The van der Waals surface area contributed by atoms with Gasteiger partial charge in [-0.05, 0) is 67.1 Å². The number of aryl methyl sites for hydroxylation is 2. The third-order valence-electron chi connectivity index (χ3n) is 7.05. The lowest BCUT2D eigenvalue weighted by molar-refractivity contribution is -0.141. The van der Waals surface area contributed by atoms with Crippen molar-refractivity contribution in [3.05, 3.63) is 100 Å². The third-order valence-corrected chi connectivity index (χ3v) is 8.61. The predicted molar refractivity (Wildman–Crippen MR) is 167 cm³/mol. The summed E-state index contributed by atoms with van der Waals surface area (Å²) < 4.78 is 26.7. The van der Waals surface area contributed by atoms with Gasteiger partial charge in [0.05, 0.1) is 11.9 Å². The molecule has 3 aromatic carbocycles. The first-order valence-electron chi connectivity index (χ1n) is 13.9. The lowest BCUT2D eigenvalue weighted by atomic mass is 10.0. The Kier molecular flexibility index (Phi) is 11.8. The Morgan fingerprint density at radius 2 is 1.63 bits per heavy atom. The first kappa shape index (κ1) is 32.2. The second-order valence-electron chi connectivity index (χ2n) is 10.3. The maximum atomic E-state index is 13.9. The van der Waals surface area contributed by atoms with E-state index in [2.05, 4.69) is 5.32 Å². The summed E-state index contributed by atoms with van der Waals surface area (Å²) in [4.78, 5) is 28.9. The molecule has 1 unspecified atom stereocenters. The molecule has 7 nitrogen and oxygen atoms in total. The van der Waals surface area contributed by atoms with E-state index in [1.54, 1.807) is 17.0 Å². The summed E-state index contributed by atoms with van der Waals surface area (Å²) in [5, 5.41) is 3.47. The summed E-state index contributed by atoms with van der Waals surface area (Å²) in [6, 6.07) is 21.6. The number of hydrogen-bond donors (Lipinski definition) is 1. The SMILES string of the molecule is CCCNC(=O)C(Cc1ccccc1)N(Cc1ccccc1Cl)C(=O)CCCN(c1ccc(C)c(C)c1)S(C)(=O)=O. The normalized spacial score (nSPS) is 12.0. The first-order chi connectivity index (χ1) is 19.5. The molecule has 0 aliphatic heterocycles. The van der Waals surface area contributed by atoms with Crippen LogP contribution in [0.2, 0.25) is 5.02 Å². The molecule has 0 radical (unpaired) electrons. The van der Waals surface area contributed by atoms with E-state index >= 15 is 0 Å². The van der Waals surface area contributed by atoms with Crippen LogP contribution in [0.1, 0.15) is 48.4 Å². The number of sulfonamides is 1. The molecule has 0 fully saturated rings. The van der Waals surface area contributed by atoms with Gasteiger partial charge in [0.15, 0.2) is 0 Å². The quantitative estimate of drug-likeness (QED) is 0.259. The average Bonchev–Trinajstić information content (AvgIpc) is 2.94. The van der Waals surface area contributed by atoms with Crippen LogP contribution in [0.15, 0.2) is 72.8 Å². The molecule has 0 aromatic heterocycles. The van der Waals surface area contributed by atoms with Crippen LogP contribution in [0, 0.1) is 13.8 Å². The van der Waals surface area contributed by atoms with Gasteiger partial charge in [0.25, 0.3) is 0 Å². The van der Waals surface area contributed by atoms with E-state index in [4.69, 9.17) is 11.6 Å². The zero-order valence-electron chi connectivity index (χ0n) is 24.3. The van der Waals surface area contributed by atoms with E-state index < -0.39 is 16.1 Å². The van der Waals surface area contributed by atoms with Gasteiger partial charge in [0.2, 0.25) is 21.8 Å². The van der Waals surface area contributed by atoms with Crippen molar-refractivity contribution in [2.45, 2.75) is 59.0 Å². The van der Waals surface area contributed by atoms with Gasteiger partial charge in [-0.3, -0.25) is 13.9 Å². The van der Waals surface area contributed by atoms with Crippen LogP contribution in [0.3, 0.4) is 0 Å². The highest BCUT2D eigenvalue weighted by atomic mass is 35.5. The maximum absolute atomic E-state index is 13.9. The monoisotopic (exact) mass is 597 g/mol. The number of carbonyl (C=O) groups excluding carboxylic acids is 2. The molecule has 0 spiro atoms. The molecule has 41 heavy (non-hydrogen) atoms. The number of nitrogens with zero attached hydrogens (tertiary/aromatic N) is 2. The van der Waals surface area contributed by atoms with Crippen molar-refractivity contribution in [3.63, 3.8) is 0 Å². The molecule has 0 saturated carbocycles. The smallest absolute Gasteiger partial charge is 0.243 e. The van der Waals surface area contributed by atoms with Crippen molar-refractivity contribution in [2.24, 2.45) is 0 Å². The summed E-state index contributed by atoms with van der Waals surface area (Å²) in [6.45, 7) is 6.67. The van der Waals surface area contributed by atoms with Gasteiger partial charge in [0.1, 0.15) is 6.04 Å². The topological polar surface area (TPSA) is 86.8 Å². The minimum absolute atomic E-state index is 0.0632. The Bertz CT molecular complexity index is 1430. The largest absolute Gasteiger partial charge is 0.354 e. The molecular formula is C32H40ClN3O4S. The molecular weight excluding hydrogens is 558 g/mol. The van der Waals surface area contributed by atoms with E-state index in [0.29, 0.717) is 23.7 Å². The summed E-state index contributed by atoms with van der Waals surface area (Å²) in [6.07, 6.45) is 2.62. The van der Waals surface area contributed by atoms with Crippen LogP contribution in [-0.2, 0) is 32.6 Å². The minimum atomic E-state index is -3.57. The molecule has 1 N–H and O–H groups in total. The zero-order chi connectivity index (χ0) is 30.0. The third kappa shape index (κ3) is 9.33.